The number of halogens is 1. The van der Waals surface area contributed by atoms with Crippen molar-refractivity contribution in [1.82, 2.24) is 4.98 Å². The molecule has 0 atom stereocenters. The molecule has 0 bridgehead atoms. The SMILES string of the molecule is Cc1ncoc1C(=O)Nc1c(N)cccc1F. The van der Waals surface area contributed by atoms with Crippen molar-refractivity contribution in [3.8, 4) is 0 Å². The van der Waals surface area contributed by atoms with Crippen molar-refractivity contribution in [3.63, 3.8) is 0 Å². The number of rotatable bonds is 2. The third kappa shape index (κ3) is 2.10. The summed E-state index contributed by atoms with van der Waals surface area (Å²) in [4.78, 5) is 15.5. The van der Waals surface area contributed by atoms with Crippen LogP contribution in [0.3, 0.4) is 0 Å². The van der Waals surface area contributed by atoms with Crippen molar-refractivity contribution in [2.24, 2.45) is 0 Å². The molecule has 0 aliphatic carbocycles. The molecule has 1 heterocycles. The summed E-state index contributed by atoms with van der Waals surface area (Å²) in [7, 11) is 0. The van der Waals surface area contributed by atoms with Crippen molar-refractivity contribution in [3.05, 3.63) is 41.9 Å². The first kappa shape index (κ1) is 11.1. The van der Waals surface area contributed by atoms with Gasteiger partial charge in [0.05, 0.1) is 11.4 Å². The predicted octanol–water partition coefficient (Wildman–Crippen LogP) is 1.96. The van der Waals surface area contributed by atoms with E-state index < -0.39 is 11.7 Å². The summed E-state index contributed by atoms with van der Waals surface area (Å²) in [5.41, 5.74) is 6.08. The number of carbonyl (C=O) groups excluding carboxylic acids is 1. The molecule has 0 saturated heterocycles. The Morgan fingerprint density at radius 2 is 2.29 bits per heavy atom. The van der Waals surface area contributed by atoms with Gasteiger partial charge in [0.25, 0.3) is 5.91 Å². The fourth-order valence-electron chi connectivity index (χ4n) is 1.36. The maximum absolute atomic E-state index is 13.4. The summed E-state index contributed by atoms with van der Waals surface area (Å²) in [5.74, 6) is -1.15. The first-order valence-corrected chi connectivity index (χ1v) is 4.85. The molecule has 2 rings (SSSR count). The monoisotopic (exact) mass is 235 g/mol. The van der Waals surface area contributed by atoms with Gasteiger partial charge in [-0.3, -0.25) is 4.79 Å². The van der Waals surface area contributed by atoms with E-state index in [0.717, 1.165) is 6.39 Å². The van der Waals surface area contributed by atoms with Crippen LogP contribution in [0.15, 0.2) is 29.0 Å². The number of hydrogen-bond acceptors (Lipinski definition) is 4. The number of aryl methyl sites for hydroxylation is 1. The molecule has 5 nitrogen and oxygen atoms in total. The zero-order valence-electron chi connectivity index (χ0n) is 9.03. The molecule has 1 aromatic carbocycles. The Hall–Kier alpha value is -2.37. The Balaban J connectivity index is 2.28. The fraction of sp³-hybridized carbons (Fsp3) is 0.0909. The van der Waals surface area contributed by atoms with Gasteiger partial charge in [0.15, 0.2) is 6.39 Å². The number of amides is 1. The average Bonchev–Trinajstić information content (AvgIpc) is 2.70. The second kappa shape index (κ2) is 4.25. The lowest BCUT2D eigenvalue weighted by Crippen LogP contribution is -2.14. The number of oxazole rings is 1. The second-order valence-electron chi connectivity index (χ2n) is 3.43. The molecule has 0 unspecified atom stereocenters. The Bertz CT molecular complexity index is 545. The van der Waals surface area contributed by atoms with Crippen LogP contribution in [-0.2, 0) is 0 Å². The van der Waals surface area contributed by atoms with E-state index in [2.05, 4.69) is 10.3 Å². The molecule has 1 aromatic heterocycles. The molecular weight excluding hydrogens is 225 g/mol. The minimum atomic E-state index is -0.601. The number of para-hydroxylation sites is 1. The van der Waals surface area contributed by atoms with Gasteiger partial charge in [-0.1, -0.05) is 6.07 Å². The summed E-state index contributed by atoms with van der Waals surface area (Å²) in [6, 6.07) is 4.16. The zero-order valence-corrected chi connectivity index (χ0v) is 9.03. The Kier molecular flexibility index (Phi) is 2.78. The Labute approximate surface area is 96.4 Å². The molecule has 1 amide bonds. The predicted molar refractivity (Wildman–Crippen MR) is 60.0 cm³/mol. The summed E-state index contributed by atoms with van der Waals surface area (Å²) >= 11 is 0. The van der Waals surface area contributed by atoms with Crippen molar-refractivity contribution < 1.29 is 13.6 Å². The van der Waals surface area contributed by atoms with Crippen LogP contribution in [0.1, 0.15) is 16.2 Å². The van der Waals surface area contributed by atoms with Crippen LogP contribution in [0.5, 0.6) is 0 Å². The molecule has 0 saturated carbocycles. The number of hydrogen-bond donors (Lipinski definition) is 2. The van der Waals surface area contributed by atoms with Gasteiger partial charge in [0, 0.05) is 0 Å². The number of nitrogens with one attached hydrogen (secondary N) is 1. The van der Waals surface area contributed by atoms with E-state index in [-0.39, 0.29) is 17.1 Å². The third-order valence-corrected chi connectivity index (χ3v) is 2.24. The van der Waals surface area contributed by atoms with Gasteiger partial charge in [0.2, 0.25) is 5.76 Å². The van der Waals surface area contributed by atoms with Crippen LogP contribution in [0, 0.1) is 12.7 Å². The first-order valence-electron chi connectivity index (χ1n) is 4.85. The minimum Gasteiger partial charge on any atom is -0.438 e. The lowest BCUT2D eigenvalue weighted by atomic mass is 10.2. The summed E-state index contributed by atoms with van der Waals surface area (Å²) in [5, 5.41) is 2.35. The van der Waals surface area contributed by atoms with E-state index >= 15 is 0 Å². The molecule has 0 spiro atoms. The smallest absolute Gasteiger partial charge is 0.293 e. The minimum absolute atomic E-state index is 0.0349. The first-order chi connectivity index (χ1) is 8.09. The highest BCUT2D eigenvalue weighted by Gasteiger charge is 2.16. The van der Waals surface area contributed by atoms with Gasteiger partial charge in [-0.2, -0.15) is 0 Å². The van der Waals surface area contributed by atoms with E-state index in [4.69, 9.17) is 10.2 Å². The standard InChI is InChI=1S/C11H10FN3O2/c1-6-10(17-5-14-6)11(16)15-9-7(12)3-2-4-8(9)13/h2-5H,13H2,1H3,(H,15,16). The van der Waals surface area contributed by atoms with E-state index in [0.29, 0.717) is 5.69 Å². The maximum atomic E-state index is 13.4. The number of aromatic nitrogens is 1. The van der Waals surface area contributed by atoms with Crippen LogP contribution in [0.4, 0.5) is 15.8 Å². The summed E-state index contributed by atoms with van der Waals surface area (Å²) in [6.07, 6.45) is 1.15. The lowest BCUT2D eigenvalue weighted by molar-refractivity contribution is 0.0995. The molecule has 88 valence electrons. The van der Waals surface area contributed by atoms with Gasteiger partial charge in [-0.25, -0.2) is 9.37 Å². The van der Waals surface area contributed by atoms with Crippen LogP contribution in [-0.4, -0.2) is 10.9 Å². The van der Waals surface area contributed by atoms with E-state index in [1.165, 1.54) is 18.2 Å². The van der Waals surface area contributed by atoms with E-state index in [9.17, 15) is 9.18 Å². The van der Waals surface area contributed by atoms with Crippen molar-refractivity contribution in [2.75, 3.05) is 11.1 Å². The molecule has 6 heteroatoms. The molecule has 2 aromatic rings. The highest BCUT2D eigenvalue weighted by atomic mass is 19.1. The third-order valence-electron chi connectivity index (χ3n) is 2.24. The molecule has 17 heavy (non-hydrogen) atoms. The van der Waals surface area contributed by atoms with Crippen LogP contribution >= 0.6 is 0 Å². The highest BCUT2D eigenvalue weighted by molar-refractivity contribution is 6.04. The number of benzene rings is 1. The van der Waals surface area contributed by atoms with Crippen molar-refractivity contribution in [1.29, 1.82) is 0 Å². The van der Waals surface area contributed by atoms with Crippen LogP contribution in [0.25, 0.3) is 0 Å². The zero-order chi connectivity index (χ0) is 12.4. The van der Waals surface area contributed by atoms with Gasteiger partial charge >= 0.3 is 0 Å². The van der Waals surface area contributed by atoms with E-state index in [1.807, 2.05) is 0 Å². The number of anilines is 2. The average molecular weight is 235 g/mol. The molecule has 3 N–H and O–H groups in total. The second-order valence-corrected chi connectivity index (χ2v) is 3.43. The molecular formula is C11H10FN3O2. The number of nitrogens with two attached hydrogens (primary N) is 1. The summed E-state index contributed by atoms with van der Waals surface area (Å²) < 4.78 is 18.3. The van der Waals surface area contributed by atoms with Gasteiger partial charge in [-0.15, -0.1) is 0 Å². The maximum Gasteiger partial charge on any atom is 0.293 e. The van der Waals surface area contributed by atoms with Crippen molar-refractivity contribution in [2.45, 2.75) is 6.92 Å². The largest absolute Gasteiger partial charge is 0.438 e. The molecule has 0 aliphatic heterocycles. The molecule has 0 fully saturated rings. The number of nitrogens with zero attached hydrogens (tertiary/aromatic N) is 1. The van der Waals surface area contributed by atoms with Crippen LogP contribution in [0.2, 0.25) is 0 Å². The lowest BCUT2D eigenvalue weighted by Gasteiger charge is -2.07. The normalized spacial score (nSPS) is 10.2. The van der Waals surface area contributed by atoms with Gasteiger partial charge < -0.3 is 15.5 Å². The van der Waals surface area contributed by atoms with Crippen molar-refractivity contribution >= 4 is 17.3 Å². The number of nitrogen functional groups attached to an aromatic ring is 1. The summed E-state index contributed by atoms with van der Waals surface area (Å²) in [6.45, 7) is 1.61. The van der Waals surface area contributed by atoms with Gasteiger partial charge in [-0.05, 0) is 19.1 Å². The molecule has 0 radical (unpaired) electrons. The van der Waals surface area contributed by atoms with Gasteiger partial charge in [0.1, 0.15) is 11.5 Å². The highest BCUT2D eigenvalue weighted by Crippen LogP contribution is 2.22. The quantitative estimate of drug-likeness (QED) is 0.779. The Morgan fingerprint density at radius 3 is 2.88 bits per heavy atom. The number of carbonyl (C=O) groups is 1. The Morgan fingerprint density at radius 1 is 1.53 bits per heavy atom. The topological polar surface area (TPSA) is 81.2 Å². The fourth-order valence-corrected chi connectivity index (χ4v) is 1.36. The van der Waals surface area contributed by atoms with E-state index in [1.54, 1.807) is 6.92 Å². The molecule has 0 aliphatic rings. The van der Waals surface area contributed by atoms with Crippen LogP contribution < -0.4 is 11.1 Å².